The van der Waals surface area contributed by atoms with Crippen LogP contribution in [-0.2, 0) is 4.74 Å². The predicted octanol–water partition coefficient (Wildman–Crippen LogP) is 3.01. The summed E-state index contributed by atoms with van der Waals surface area (Å²) < 4.78 is 5.44. The summed E-state index contributed by atoms with van der Waals surface area (Å²) >= 11 is 0. The van der Waals surface area contributed by atoms with Gasteiger partial charge in [-0.3, -0.25) is 0 Å². The normalized spacial score (nSPS) is 21.4. The second kappa shape index (κ2) is 6.12. The molecule has 1 aliphatic rings. The van der Waals surface area contributed by atoms with Gasteiger partial charge in [0.2, 0.25) is 0 Å². The summed E-state index contributed by atoms with van der Waals surface area (Å²) in [5.74, 6) is 0.541. The minimum absolute atomic E-state index is 0.154. The van der Waals surface area contributed by atoms with Crippen LogP contribution in [0.1, 0.15) is 53.9 Å². The highest BCUT2D eigenvalue weighted by molar-refractivity contribution is 5.68. The van der Waals surface area contributed by atoms with Crippen molar-refractivity contribution in [2.45, 2.75) is 59.5 Å². The van der Waals surface area contributed by atoms with Gasteiger partial charge in [0.1, 0.15) is 5.60 Å². The molecular weight excluding hydrogens is 240 g/mol. The lowest BCUT2D eigenvalue weighted by atomic mass is 9.80. The summed E-state index contributed by atoms with van der Waals surface area (Å²) in [6, 6.07) is 0. The Bertz CT molecular complexity index is 308. The molecule has 0 radical (unpaired) electrons. The van der Waals surface area contributed by atoms with Gasteiger partial charge in [0.15, 0.2) is 0 Å². The first-order valence-electron chi connectivity index (χ1n) is 7.31. The van der Waals surface area contributed by atoms with Gasteiger partial charge in [0, 0.05) is 13.1 Å². The highest BCUT2D eigenvalue weighted by Crippen LogP contribution is 2.30. The number of likely N-dealkylation sites (tertiary alicyclic amines) is 1. The minimum Gasteiger partial charge on any atom is -0.444 e. The number of rotatable bonds is 3. The molecule has 1 unspecified atom stereocenters. The van der Waals surface area contributed by atoms with E-state index in [2.05, 4.69) is 13.8 Å². The Hall–Kier alpha value is -0.770. The lowest BCUT2D eigenvalue weighted by Gasteiger charge is -2.37. The number of ether oxygens (including phenoxy) is 1. The van der Waals surface area contributed by atoms with Crippen molar-refractivity contribution in [3.05, 3.63) is 0 Å². The molecule has 1 rings (SSSR count). The van der Waals surface area contributed by atoms with Gasteiger partial charge in [-0.25, -0.2) is 4.79 Å². The number of nitrogens with two attached hydrogens (primary N) is 1. The van der Waals surface area contributed by atoms with Crippen molar-refractivity contribution in [3.8, 4) is 0 Å². The van der Waals surface area contributed by atoms with Crippen LogP contribution in [0.2, 0.25) is 0 Å². The molecule has 0 aliphatic carbocycles. The number of hydrogen-bond acceptors (Lipinski definition) is 3. The van der Waals surface area contributed by atoms with Gasteiger partial charge >= 0.3 is 6.09 Å². The Morgan fingerprint density at radius 1 is 1.32 bits per heavy atom. The van der Waals surface area contributed by atoms with E-state index in [0.29, 0.717) is 12.5 Å². The van der Waals surface area contributed by atoms with Gasteiger partial charge in [-0.05, 0) is 57.9 Å². The fraction of sp³-hybridized carbons (Fsp3) is 0.933. The Balaban J connectivity index is 2.53. The summed E-state index contributed by atoms with van der Waals surface area (Å²) in [4.78, 5) is 13.9. The Kier molecular flexibility index (Phi) is 5.25. The van der Waals surface area contributed by atoms with Crippen molar-refractivity contribution in [2.75, 3.05) is 19.6 Å². The zero-order valence-electron chi connectivity index (χ0n) is 13.2. The number of piperidine rings is 1. The smallest absolute Gasteiger partial charge is 0.410 e. The van der Waals surface area contributed by atoms with Gasteiger partial charge < -0.3 is 15.4 Å². The Labute approximate surface area is 117 Å². The van der Waals surface area contributed by atoms with Gasteiger partial charge in [-0.1, -0.05) is 13.8 Å². The van der Waals surface area contributed by atoms with E-state index < -0.39 is 5.60 Å². The van der Waals surface area contributed by atoms with Crippen LogP contribution < -0.4 is 5.73 Å². The molecule has 1 heterocycles. The summed E-state index contributed by atoms with van der Waals surface area (Å²) in [5.41, 5.74) is 5.53. The molecular formula is C15H30N2O2. The molecule has 0 aromatic rings. The minimum atomic E-state index is -0.416. The molecule has 1 fully saturated rings. The molecule has 0 bridgehead atoms. The van der Waals surface area contributed by atoms with E-state index >= 15 is 0 Å². The van der Waals surface area contributed by atoms with Crippen molar-refractivity contribution in [3.63, 3.8) is 0 Å². The maximum Gasteiger partial charge on any atom is 0.410 e. The quantitative estimate of drug-likeness (QED) is 0.857. The van der Waals surface area contributed by atoms with Gasteiger partial charge in [0.05, 0.1) is 0 Å². The Morgan fingerprint density at radius 2 is 1.95 bits per heavy atom. The van der Waals surface area contributed by atoms with Crippen LogP contribution in [0.25, 0.3) is 0 Å². The summed E-state index contributed by atoms with van der Waals surface area (Å²) in [6.45, 7) is 12.4. The number of nitrogens with zero attached hydrogens (tertiary/aromatic N) is 1. The second-order valence-corrected chi connectivity index (χ2v) is 7.51. The second-order valence-electron chi connectivity index (χ2n) is 7.51. The summed E-state index contributed by atoms with van der Waals surface area (Å²) in [5, 5.41) is 0. The fourth-order valence-electron chi connectivity index (χ4n) is 2.59. The first-order chi connectivity index (χ1) is 8.63. The van der Waals surface area contributed by atoms with Gasteiger partial charge in [-0.2, -0.15) is 0 Å². The van der Waals surface area contributed by atoms with Crippen LogP contribution in [0, 0.1) is 11.3 Å². The molecule has 0 saturated carbocycles. The van der Waals surface area contributed by atoms with Gasteiger partial charge in [-0.15, -0.1) is 0 Å². The molecule has 4 heteroatoms. The maximum atomic E-state index is 12.1. The fourth-order valence-corrected chi connectivity index (χ4v) is 2.59. The average Bonchev–Trinajstić information content (AvgIpc) is 2.26. The van der Waals surface area contributed by atoms with Crippen molar-refractivity contribution in [2.24, 2.45) is 17.1 Å². The molecule has 19 heavy (non-hydrogen) atoms. The maximum absolute atomic E-state index is 12.1. The van der Waals surface area contributed by atoms with Crippen LogP contribution in [-0.4, -0.2) is 36.2 Å². The third-order valence-corrected chi connectivity index (χ3v) is 3.56. The average molecular weight is 270 g/mol. The van der Waals surface area contributed by atoms with E-state index in [4.69, 9.17) is 10.5 Å². The van der Waals surface area contributed by atoms with E-state index in [1.54, 1.807) is 0 Å². The topological polar surface area (TPSA) is 55.6 Å². The van der Waals surface area contributed by atoms with Crippen LogP contribution >= 0.6 is 0 Å². The molecule has 4 nitrogen and oxygen atoms in total. The lowest BCUT2D eigenvalue weighted by molar-refractivity contribution is 0.0141. The highest BCUT2D eigenvalue weighted by atomic mass is 16.6. The first kappa shape index (κ1) is 16.3. The molecule has 0 aromatic heterocycles. The molecule has 1 atom stereocenters. The van der Waals surface area contributed by atoms with Crippen LogP contribution in [0.5, 0.6) is 0 Å². The predicted molar refractivity (Wildman–Crippen MR) is 78.0 cm³/mol. The SMILES string of the molecule is CC(C)(CN)CC1CCCN(C(=O)OC(C)(C)C)C1. The van der Waals surface area contributed by atoms with Crippen molar-refractivity contribution in [1.82, 2.24) is 4.90 Å². The van der Waals surface area contributed by atoms with Gasteiger partial charge in [0.25, 0.3) is 0 Å². The molecule has 112 valence electrons. The third-order valence-electron chi connectivity index (χ3n) is 3.56. The van der Waals surface area contributed by atoms with E-state index in [-0.39, 0.29) is 11.5 Å². The number of carbonyl (C=O) groups is 1. The Morgan fingerprint density at radius 3 is 2.47 bits per heavy atom. The van der Waals surface area contributed by atoms with Crippen LogP contribution in [0.15, 0.2) is 0 Å². The van der Waals surface area contributed by atoms with E-state index in [1.807, 2.05) is 25.7 Å². The molecule has 0 spiro atoms. The largest absolute Gasteiger partial charge is 0.444 e. The zero-order valence-corrected chi connectivity index (χ0v) is 13.2. The van der Waals surface area contributed by atoms with E-state index in [1.165, 1.54) is 6.42 Å². The number of amides is 1. The molecule has 1 amide bonds. The standard InChI is InChI=1S/C15H30N2O2/c1-14(2,3)19-13(18)17-8-6-7-12(10-17)9-15(4,5)11-16/h12H,6-11,16H2,1-5H3. The third kappa shape index (κ3) is 5.81. The number of carbonyl (C=O) groups excluding carboxylic acids is 1. The summed E-state index contributed by atoms with van der Waals surface area (Å²) in [6.07, 6.45) is 3.14. The molecule has 2 N–H and O–H groups in total. The molecule has 1 aliphatic heterocycles. The summed E-state index contributed by atoms with van der Waals surface area (Å²) in [7, 11) is 0. The van der Waals surface area contributed by atoms with Crippen LogP contribution in [0.4, 0.5) is 4.79 Å². The van der Waals surface area contributed by atoms with Crippen LogP contribution in [0.3, 0.4) is 0 Å². The van der Waals surface area contributed by atoms with Crippen molar-refractivity contribution < 1.29 is 9.53 Å². The van der Waals surface area contributed by atoms with Crippen molar-refractivity contribution >= 4 is 6.09 Å². The van der Waals surface area contributed by atoms with E-state index in [0.717, 1.165) is 25.9 Å². The highest BCUT2D eigenvalue weighted by Gasteiger charge is 2.30. The zero-order chi connectivity index (χ0) is 14.7. The molecule has 1 saturated heterocycles. The first-order valence-corrected chi connectivity index (χ1v) is 7.31. The van der Waals surface area contributed by atoms with E-state index in [9.17, 15) is 4.79 Å². The monoisotopic (exact) mass is 270 g/mol. The molecule has 0 aromatic carbocycles. The lowest BCUT2D eigenvalue weighted by Crippen LogP contribution is -2.44. The van der Waals surface area contributed by atoms with Crippen molar-refractivity contribution in [1.29, 1.82) is 0 Å². The number of hydrogen-bond donors (Lipinski definition) is 1.